The van der Waals surface area contributed by atoms with Crippen LogP contribution in [0.25, 0.3) is 0 Å². The van der Waals surface area contributed by atoms with E-state index in [0.29, 0.717) is 18.7 Å². The summed E-state index contributed by atoms with van der Waals surface area (Å²) in [5.74, 6) is 0.328. The lowest BCUT2D eigenvalue weighted by Gasteiger charge is -2.14. The van der Waals surface area contributed by atoms with E-state index in [9.17, 15) is 4.79 Å². The number of ketones is 1. The molecule has 0 fully saturated rings. The van der Waals surface area contributed by atoms with Crippen LogP contribution >= 0.6 is 27.3 Å². The molecule has 1 aromatic rings. The van der Waals surface area contributed by atoms with Crippen molar-refractivity contribution in [3.05, 3.63) is 20.8 Å². The Labute approximate surface area is 103 Å². The molecule has 2 nitrogen and oxygen atoms in total. The van der Waals surface area contributed by atoms with Crippen LogP contribution in [-0.4, -0.2) is 24.3 Å². The van der Waals surface area contributed by atoms with Gasteiger partial charge in [0, 0.05) is 13.0 Å². The fourth-order valence-electron chi connectivity index (χ4n) is 1.46. The minimum Gasteiger partial charge on any atom is -0.298 e. The summed E-state index contributed by atoms with van der Waals surface area (Å²) in [6.07, 6.45) is 1.63. The Morgan fingerprint density at radius 2 is 2.33 bits per heavy atom. The van der Waals surface area contributed by atoms with Gasteiger partial charge in [-0.1, -0.05) is 6.92 Å². The average Bonchev–Trinajstić information content (AvgIpc) is 2.51. The first-order valence-corrected chi connectivity index (χ1v) is 6.72. The molecule has 0 amide bonds. The Kier molecular flexibility index (Phi) is 5.50. The van der Waals surface area contributed by atoms with Gasteiger partial charge < -0.3 is 0 Å². The molecule has 0 spiro atoms. The normalized spacial score (nSPS) is 10.9. The highest BCUT2D eigenvalue weighted by Gasteiger charge is 2.07. The lowest BCUT2D eigenvalue weighted by molar-refractivity contribution is -0.120. The number of hydrogen-bond acceptors (Lipinski definition) is 3. The first-order valence-electron chi connectivity index (χ1n) is 5.05. The number of carbonyl (C=O) groups is 1. The Morgan fingerprint density at radius 3 is 2.87 bits per heavy atom. The lowest BCUT2D eigenvalue weighted by Crippen LogP contribution is -2.25. The second kappa shape index (κ2) is 6.40. The molecule has 0 aliphatic heterocycles. The summed E-state index contributed by atoms with van der Waals surface area (Å²) in [7, 11) is 1.99. The molecular formula is C11H16BrNOS. The standard InChI is InChI=1S/C11H16BrNOS/c1-3-4-10(14)7-13(2)6-9-5-11(12)15-8-9/h5,8H,3-4,6-7H2,1-2H3. The Balaban J connectivity index is 2.35. The molecule has 84 valence electrons. The maximum Gasteiger partial charge on any atom is 0.146 e. The highest BCUT2D eigenvalue weighted by molar-refractivity contribution is 9.11. The fraction of sp³-hybridized carbons (Fsp3) is 0.545. The van der Waals surface area contributed by atoms with E-state index in [1.807, 2.05) is 14.0 Å². The third-order valence-corrected chi connectivity index (χ3v) is 3.60. The monoisotopic (exact) mass is 289 g/mol. The zero-order valence-electron chi connectivity index (χ0n) is 9.12. The van der Waals surface area contributed by atoms with E-state index in [1.54, 1.807) is 11.3 Å². The number of rotatable bonds is 6. The van der Waals surface area contributed by atoms with E-state index in [2.05, 4.69) is 32.3 Å². The van der Waals surface area contributed by atoms with Crippen LogP contribution in [0.3, 0.4) is 0 Å². The highest BCUT2D eigenvalue weighted by Crippen LogP contribution is 2.21. The Bertz CT molecular complexity index is 324. The summed E-state index contributed by atoms with van der Waals surface area (Å²) >= 11 is 5.11. The van der Waals surface area contributed by atoms with Gasteiger partial charge in [-0.15, -0.1) is 11.3 Å². The van der Waals surface area contributed by atoms with Gasteiger partial charge in [0.25, 0.3) is 0 Å². The minimum absolute atomic E-state index is 0.328. The van der Waals surface area contributed by atoms with Gasteiger partial charge in [0.2, 0.25) is 0 Å². The number of nitrogens with zero attached hydrogens (tertiary/aromatic N) is 1. The summed E-state index contributed by atoms with van der Waals surface area (Å²) in [6, 6.07) is 2.10. The number of halogens is 1. The average molecular weight is 290 g/mol. The predicted molar refractivity (Wildman–Crippen MR) is 68.3 cm³/mol. The lowest BCUT2D eigenvalue weighted by atomic mass is 10.2. The molecule has 0 aliphatic carbocycles. The molecule has 0 aromatic carbocycles. The zero-order chi connectivity index (χ0) is 11.3. The number of carbonyl (C=O) groups excluding carboxylic acids is 1. The predicted octanol–water partition coefficient (Wildman–Crippen LogP) is 3.31. The van der Waals surface area contributed by atoms with Crippen molar-refractivity contribution in [2.24, 2.45) is 0 Å². The van der Waals surface area contributed by atoms with Crippen molar-refractivity contribution in [1.82, 2.24) is 4.90 Å². The largest absolute Gasteiger partial charge is 0.298 e. The summed E-state index contributed by atoms with van der Waals surface area (Å²) < 4.78 is 1.14. The van der Waals surface area contributed by atoms with Crippen LogP contribution in [0.2, 0.25) is 0 Å². The van der Waals surface area contributed by atoms with Gasteiger partial charge in [-0.2, -0.15) is 0 Å². The molecule has 1 heterocycles. The van der Waals surface area contributed by atoms with E-state index < -0.39 is 0 Å². The summed E-state index contributed by atoms with van der Waals surface area (Å²) in [4.78, 5) is 13.5. The van der Waals surface area contributed by atoms with Gasteiger partial charge >= 0.3 is 0 Å². The number of likely N-dealkylation sites (N-methyl/N-ethyl adjacent to an activating group) is 1. The maximum atomic E-state index is 11.4. The molecule has 0 aliphatic rings. The molecule has 4 heteroatoms. The second-order valence-corrected chi connectivity index (χ2v) is 6.01. The molecule has 0 radical (unpaired) electrons. The van der Waals surface area contributed by atoms with Crippen molar-refractivity contribution < 1.29 is 4.79 Å². The van der Waals surface area contributed by atoms with Crippen LogP contribution in [0, 0.1) is 0 Å². The van der Waals surface area contributed by atoms with Crippen LogP contribution in [-0.2, 0) is 11.3 Å². The number of hydrogen-bond donors (Lipinski definition) is 0. The van der Waals surface area contributed by atoms with Crippen LogP contribution in [0.5, 0.6) is 0 Å². The number of Topliss-reactive ketones (excluding diaryl/α,β-unsaturated/α-hetero) is 1. The molecule has 1 rings (SSSR count). The van der Waals surface area contributed by atoms with E-state index in [1.165, 1.54) is 5.56 Å². The van der Waals surface area contributed by atoms with Gasteiger partial charge in [-0.3, -0.25) is 9.69 Å². The molecule has 0 saturated carbocycles. The number of thiophene rings is 1. The van der Waals surface area contributed by atoms with Gasteiger partial charge in [-0.25, -0.2) is 0 Å². The van der Waals surface area contributed by atoms with Crippen molar-refractivity contribution in [3.8, 4) is 0 Å². The molecule has 0 atom stereocenters. The topological polar surface area (TPSA) is 20.3 Å². The van der Waals surface area contributed by atoms with Crippen molar-refractivity contribution in [3.63, 3.8) is 0 Å². The van der Waals surface area contributed by atoms with Crippen molar-refractivity contribution in [2.45, 2.75) is 26.3 Å². The van der Waals surface area contributed by atoms with Gasteiger partial charge in [0.05, 0.1) is 10.3 Å². The third kappa shape index (κ3) is 4.91. The quantitative estimate of drug-likeness (QED) is 0.801. The van der Waals surface area contributed by atoms with Crippen LogP contribution in [0.4, 0.5) is 0 Å². The second-order valence-electron chi connectivity index (χ2n) is 3.72. The van der Waals surface area contributed by atoms with E-state index in [4.69, 9.17) is 0 Å². The Hall–Kier alpha value is -0.190. The molecule has 0 bridgehead atoms. The first kappa shape index (κ1) is 12.9. The van der Waals surface area contributed by atoms with Crippen LogP contribution in [0.15, 0.2) is 15.2 Å². The third-order valence-electron chi connectivity index (χ3n) is 2.05. The molecular weight excluding hydrogens is 274 g/mol. The van der Waals surface area contributed by atoms with Gasteiger partial charge in [0.1, 0.15) is 5.78 Å². The molecule has 0 N–H and O–H groups in total. The van der Waals surface area contributed by atoms with Crippen LogP contribution in [0.1, 0.15) is 25.3 Å². The van der Waals surface area contributed by atoms with E-state index >= 15 is 0 Å². The van der Waals surface area contributed by atoms with E-state index in [-0.39, 0.29) is 0 Å². The smallest absolute Gasteiger partial charge is 0.146 e. The Morgan fingerprint density at radius 1 is 1.60 bits per heavy atom. The first-order chi connectivity index (χ1) is 7.11. The molecule has 15 heavy (non-hydrogen) atoms. The highest BCUT2D eigenvalue weighted by atomic mass is 79.9. The van der Waals surface area contributed by atoms with Gasteiger partial charge in [0.15, 0.2) is 0 Å². The minimum atomic E-state index is 0.328. The van der Waals surface area contributed by atoms with E-state index in [0.717, 1.165) is 16.8 Å². The van der Waals surface area contributed by atoms with Crippen LogP contribution < -0.4 is 0 Å². The summed E-state index contributed by atoms with van der Waals surface area (Å²) in [5.41, 5.74) is 1.26. The molecule has 1 aromatic heterocycles. The molecule has 0 saturated heterocycles. The summed E-state index contributed by atoms with van der Waals surface area (Å²) in [6.45, 7) is 3.44. The van der Waals surface area contributed by atoms with Crippen molar-refractivity contribution >= 4 is 33.0 Å². The maximum absolute atomic E-state index is 11.4. The summed E-state index contributed by atoms with van der Waals surface area (Å²) in [5, 5.41) is 2.12. The van der Waals surface area contributed by atoms with Crippen molar-refractivity contribution in [2.75, 3.05) is 13.6 Å². The van der Waals surface area contributed by atoms with Gasteiger partial charge in [-0.05, 0) is 46.4 Å². The SMILES string of the molecule is CCCC(=O)CN(C)Cc1csc(Br)c1. The molecule has 0 unspecified atom stereocenters. The fourth-order valence-corrected chi connectivity index (χ4v) is 2.66. The van der Waals surface area contributed by atoms with Crippen molar-refractivity contribution in [1.29, 1.82) is 0 Å². The zero-order valence-corrected chi connectivity index (χ0v) is 11.5.